The minimum absolute atomic E-state index is 0.0109. The standard InChI is InChI=1S/C19H19N5O4S/c1-11-9-23(10-12(2)28-11)19-21-18(25)16(29-19)7-14-8-20-22-17(14)13-4-3-5-15(6-13)24(26)27/h3-8,11-12H,9-10H2,1-2H3,(H,20,22). The zero-order chi connectivity index (χ0) is 20.5. The number of carbonyl (C=O) groups excluding carboxylic acids is 1. The van der Waals surface area contributed by atoms with E-state index in [0.717, 1.165) is 0 Å². The highest BCUT2D eigenvalue weighted by atomic mass is 32.2. The van der Waals surface area contributed by atoms with Crippen LogP contribution in [0.4, 0.5) is 5.69 Å². The molecule has 2 aromatic rings. The summed E-state index contributed by atoms with van der Waals surface area (Å²) in [6.45, 7) is 5.36. The molecular weight excluding hydrogens is 394 g/mol. The van der Waals surface area contributed by atoms with E-state index in [-0.39, 0.29) is 23.8 Å². The van der Waals surface area contributed by atoms with E-state index in [1.54, 1.807) is 24.4 Å². The lowest BCUT2D eigenvalue weighted by Crippen LogP contribution is -2.47. The molecule has 0 bridgehead atoms. The minimum atomic E-state index is -0.446. The van der Waals surface area contributed by atoms with E-state index < -0.39 is 4.92 Å². The Morgan fingerprint density at radius 3 is 2.83 bits per heavy atom. The number of nitrogens with one attached hydrogen (secondary N) is 1. The maximum Gasteiger partial charge on any atom is 0.286 e. The van der Waals surface area contributed by atoms with Gasteiger partial charge < -0.3 is 9.64 Å². The number of ether oxygens (including phenoxy) is 1. The highest BCUT2D eigenvalue weighted by molar-refractivity contribution is 8.18. The highest BCUT2D eigenvalue weighted by Gasteiger charge is 2.31. The monoisotopic (exact) mass is 413 g/mol. The van der Waals surface area contributed by atoms with Gasteiger partial charge in [0.05, 0.1) is 33.9 Å². The van der Waals surface area contributed by atoms with E-state index >= 15 is 0 Å². The first kappa shape index (κ1) is 19.3. The van der Waals surface area contributed by atoms with Gasteiger partial charge in [-0.25, -0.2) is 0 Å². The van der Waals surface area contributed by atoms with Crippen molar-refractivity contribution in [1.29, 1.82) is 0 Å². The van der Waals surface area contributed by atoms with Crippen LogP contribution in [-0.2, 0) is 9.53 Å². The van der Waals surface area contributed by atoms with Gasteiger partial charge >= 0.3 is 0 Å². The van der Waals surface area contributed by atoms with Crippen molar-refractivity contribution in [2.24, 2.45) is 4.99 Å². The molecule has 150 valence electrons. The topological polar surface area (TPSA) is 114 Å². The van der Waals surface area contributed by atoms with Gasteiger partial charge in [0, 0.05) is 36.3 Å². The molecule has 0 saturated carbocycles. The summed E-state index contributed by atoms with van der Waals surface area (Å²) < 4.78 is 5.74. The fourth-order valence-corrected chi connectivity index (χ4v) is 4.34. The first-order chi connectivity index (χ1) is 13.9. The van der Waals surface area contributed by atoms with Gasteiger partial charge in [0.1, 0.15) is 0 Å². The van der Waals surface area contributed by atoms with Gasteiger partial charge in [-0.15, -0.1) is 0 Å². The zero-order valence-electron chi connectivity index (χ0n) is 15.9. The van der Waals surface area contributed by atoms with Crippen LogP contribution in [0.2, 0.25) is 0 Å². The largest absolute Gasteiger partial charge is 0.372 e. The number of nitro benzene ring substituents is 1. The predicted octanol–water partition coefficient (Wildman–Crippen LogP) is 3.06. The van der Waals surface area contributed by atoms with Crippen LogP contribution in [0, 0.1) is 10.1 Å². The van der Waals surface area contributed by atoms with Crippen molar-refractivity contribution < 1.29 is 14.5 Å². The Bertz CT molecular complexity index is 1020. The third kappa shape index (κ3) is 4.08. The van der Waals surface area contributed by atoms with E-state index in [1.807, 2.05) is 13.8 Å². The van der Waals surface area contributed by atoms with Gasteiger partial charge in [0.2, 0.25) is 0 Å². The first-order valence-electron chi connectivity index (χ1n) is 9.12. The predicted molar refractivity (Wildman–Crippen MR) is 110 cm³/mol. The van der Waals surface area contributed by atoms with Crippen molar-refractivity contribution in [1.82, 2.24) is 15.1 Å². The molecule has 1 amide bonds. The Hall–Kier alpha value is -2.98. The van der Waals surface area contributed by atoms with Crippen molar-refractivity contribution in [3.63, 3.8) is 0 Å². The van der Waals surface area contributed by atoms with E-state index in [2.05, 4.69) is 20.1 Å². The van der Waals surface area contributed by atoms with Crippen LogP contribution < -0.4 is 0 Å². The number of thioether (sulfide) groups is 1. The molecule has 2 unspecified atom stereocenters. The average Bonchev–Trinajstić information content (AvgIpc) is 3.28. The molecule has 1 N–H and O–H groups in total. The Labute approximate surface area is 171 Å². The number of aromatic amines is 1. The summed E-state index contributed by atoms with van der Waals surface area (Å²) in [6.07, 6.45) is 3.44. The van der Waals surface area contributed by atoms with Crippen LogP contribution in [0.1, 0.15) is 19.4 Å². The van der Waals surface area contributed by atoms with Gasteiger partial charge in [-0.3, -0.25) is 20.0 Å². The molecule has 3 heterocycles. The van der Waals surface area contributed by atoms with Crippen molar-refractivity contribution >= 4 is 34.6 Å². The molecule has 2 aliphatic heterocycles. The van der Waals surface area contributed by atoms with Crippen molar-refractivity contribution in [2.45, 2.75) is 26.1 Å². The van der Waals surface area contributed by atoms with Crippen LogP contribution in [0.25, 0.3) is 17.3 Å². The molecule has 0 spiro atoms. The Morgan fingerprint density at radius 1 is 1.34 bits per heavy atom. The number of carbonyl (C=O) groups is 1. The molecule has 1 fully saturated rings. The number of benzene rings is 1. The number of aromatic nitrogens is 2. The van der Waals surface area contributed by atoms with E-state index in [1.165, 1.54) is 23.9 Å². The van der Waals surface area contributed by atoms with Crippen LogP contribution in [0.15, 0.2) is 40.4 Å². The van der Waals surface area contributed by atoms with E-state index in [4.69, 9.17) is 4.74 Å². The number of amidine groups is 1. The summed E-state index contributed by atoms with van der Waals surface area (Å²) in [7, 11) is 0. The number of rotatable bonds is 3. The van der Waals surface area contributed by atoms with Crippen LogP contribution in [-0.4, -0.2) is 56.4 Å². The third-order valence-electron chi connectivity index (χ3n) is 4.60. The number of hydrogen-bond donors (Lipinski definition) is 1. The molecule has 29 heavy (non-hydrogen) atoms. The maximum absolute atomic E-state index is 12.5. The Kier molecular flexibility index (Phi) is 5.20. The van der Waals surface area contributed by atoms with Crippen LogP contribution >= 0.6 is 11.8 Å². The second-order valence-electron chi connectivity index (χ2n) is 6.98. The smallest absolute Gasteiger partial charge is 0.286 e. The second-order valence-corrected chi connectivity index (χ2v) is 7.99. The SMILES string of the molecule is CC1CN(C2=NC(=O)C(=Cc3cn[nH]c3-c3cccc([N+](=O)[O-])c3)S2)CC(C)O1. The van der Waals surface area contributed by atoms with Crippen molar-refractivity contribution in [3.05, 3.63) is 51.0 Å². The fourth-order valence-electron chi connectivity index (χ4n) is 3.42. The number of non-ortho nitro benzene ring substituents is 1. The van der Waals surface area contributed by atoms with Crippen LogP contribution in [0.3, 0.4) is 0 Å². The quantitative estimate of drug-likeness (QED) is 0.467. The summed E-state index contributed by atoms with van der Waals surface area (Å²) in [6, 6.07) is 6.27. The number of amides is 1. The maximum atomic E-state index is 12.5. The summed E-state index contributed by atoms with van der Waals surface area (Å²) in [5.74, 6) is -0.303. The molecule has 10 heteroatoms. The normalized spacial score (nSPS) is 23.5. The molecule has 2 atom stereocenters. The van der Waals surface area contributed by atoms with Gasteiger partial charge in [0.25, 0.3) is 11.6 Å². The lowest BCUT2D eigenvalue weighted by Gasteiger charge is -2.35. The molecule has 1 aromatic carbocycles. The average molecular weight is 413 g/mol. The molecule has 1 aromatic heterocycles. The second kappa shape index (κ2) is 7.80. The lowest BCUT2D eigenvalue weighted by molar-refractivity contribution is -0.384. The molecule has 0 radical (unpaired) electrons. The number of nitrogens with zero attached hydrogens (tertiary/aromatic N) is 4. The molecule has 0 aliphatic carbocycles. The number of hydrogen-bond acceptors (Lipinski definition) is 7. The number of H-pyrrole nitrogens is 1. The summed E-state index contributed by atoms with van der Waals surface area (Å²) in [5.41, 5.74) is 1.89. The van der Waals surface area contributed by atoms with Crippen molar-refractivity contribution in [2.75, 3.05) is 13.1 Å². The summed E-state index contributed by atoms with van der Waals surface area (Å²) in [4.78, 5) is 29.8. The van der Waals surface area contributed by atoms with Crippen molar-refractivity contribution in [3.8, 4) is 11.3 Å². The van der Waals surface area contributed by atoms with E-state index in [9.17, 15) is 14.9 Å². The van der Waals surface area contributed by atoms with Gasteiger partial charge in [-0.05, 0) is 31.7 Å². The third-order valence-corrected chi connectivity index (χ3v) is 5.64. The van der Waals surface area contributed by atoms with Gasteiger partial charge in [-0.2, -0.15) is 10.1 Å². The fraction of sp³-hybridized carbons (Fsp3) is 0.316. The molecular formula is C19H19N5O4S. The van der Waals surface area contributed by atoms with E-state index in [0.29, 0.717) is 40.0 Å². The molecule has 9 nitrogen and oxygen atoms in total. The molecule has 2 aliphatic rings. The Morgan fingerprint density at radius 2 is 2.10 bits per heavy atom. The Balaban J connectivity index is 1.58. The summed E-state index contributed by atoms with van der Waals surface area (Å²) in [5, 5.41) is 18.6. The van der Waals surface area contributed by atoms with Crippen LogP contribution in [0.5, 0.6) is 0 Å². The number of morpholine rings is 1. The summed E-state index contributed by atoms with van der Waals surface area (Å²) >= 11 is 1.32. The first-order valence-corrected chi connectivity index (χ1v) is 9.93. The number of aliphatic imine (C=N–C) groups is 1. The molecule has 1 saturated heterocycles. The minimum Gasteiger partial charge on any atom is -0.372 e. The molecule has 4 rings (SSSR count). The highest BCUT2D eigenvalue weighted by Crippen LogP contribution is 2.33. The van der Waals surface area contributed by atoms with Gasteiger partial charge in [0.15, 0.2) is 5.17 Å². The lowest BCUT2D eigenvalue weighted by atomic mass is 10.1. The van der Waals surface area contributed by atoms with Gasteiger partial charge in [-0.1, -0.05) is 12.1 Å². The zero-order valence-corrected chi connectivity index (χ0v) is 16.7. The number of nitro groups is 1.